The van der Waals surface area contributed by atoms with E-state index in [-0.39, 0.29) is 11.9 Å². The number of aryl methyl sites for hydroxylation is 1. The Hall–Kier alpha value is -3.66. The molecule has 2 aromatic carbocycles. The molecule has 1 fully saturated rings. The zero-order chi connectivity index (χ0) is 25.5. The number of aromatic nitrogens is 1. The number of nitrogens with one attached hydrogen (secondary N) is 2. The predicted molar refractivity (Wildman–Crippen MR) is 147 cm³/mol. The van der Waals surface area contributed by atoms with Crippen LogP contribution >= 0.6 is 11.3 Å². The first-order valence-corrected chi connectivity index (χ1v) is 13.3. The summed E-state index contributed by atoms with van der Waals surface area (Å²) in [6.45, 7) is 3.88. The number of carbonyl (C=O) groups excluding carboxylic acids is 1. The number of likely N-dealkylation sites (tertiary alicyclic amines) is 1. The van der Waals surface area contributed by atoms with Gasteiger partial charge in [0.2, 0.25) is 6.35 Å². The number of ether oxygens (including phenoxy) is 1. The van der Waals surface area contributed by atoms with Crippen molar-refractivity contribution in [2.75, 3.05) is 30.4 Å². The summed E-state index contributed by atoms with van der Waals surface area (Å²) >= 11 is 1.35. The summed E-state index contributed by atoms with van der Waals surface area (Å²) in [6, 6.07) is 17.4. The molecule has 6 rings (SSSR count). The number of para-hydroxylation sites is 1. The average Bonchev–Trinajstić information content (AvgIpc) is 3.25. The van der Waals surface area contributed by atoms with Crippen LogP contribution in [0, 0.1) is 6.92 Å². The van der Waals surface area contributed by atoms with Crippen LogP contribution in [0.5, 0.6) is 11.5 Å². The van der Waals surface area contributed by atoms with Crippen molar-refractivity contribution in [3.8, 4) is 11.5 Å². The molecule has 4 heterocycles. The second kappa shape index (κ2) is 9.66. The van der Waals surface area contributed by atoms with Crippen molar-refractivity contribution in [3.05, 3.63) is 71.2 Å². The highest BCUT2D eigenvalue weighted by molar-refractivity contribution is 7.21. The van der Waals surface area contributed by atoms with Gasteiger partial charge in [0.25, 0.3) is 5.91 Å². The Balaban J connectivity index is 1.32. The van der Waals surface area contributed by atoms with Crippen LogP contribution in [0.4, 0.5) is 17.1 Å². The zero-order valence-corrected chi connectivity index (χ0v) is 21.6. The quantitative estimate of drug-likeness (QED) is 0.342. The molecular formula is C28H29N5O3S. The molecule has 8 nitrogen and oxygen atoms in total. The second-order valence-corrected chi connectivity index (χ2v) is 10.6. The van der Waals surface area contributed by atoms with Crippen molar-refractivity contribution in [1.82, 2.24) is 15.2 Å². The number of amides is 1. The molecule has 1 saturated heterocycles. The van der Waals surface area contributed by atoms with Gasteiger partial charge in [-0.3, -0.25) is 9.69 Å². The highest BCUT2D eigenvalue weighted by atomic mass is 32.1. The lowest BCUT2D eigenvalue weighted by Gasteiger charge is -2.36. The molecule has 2 aromatic heterocycles. The van der Waals surface area contributed by atoms with Gasteiger partial charge in [-0.05, 0) is 75.3 Å². The molecular weight excluding hydrogens is 486 g/mol. The lowest BCUT2D eigenvalue weighted by Crippen LogP contribution is -2.46. The van der Waals surface area contributed by atoms with Gasteiger partial charge in [-0.2, -0.15) is 0 Å². The van der Waals surface area contributed by atoms with Crippen LogP contribution in [-0.2, 0) is 0 Å². The first-order valence-electron chi connectivity index (χ1n) is 12.5. The number of aliphatic hydroxyl groups excluding tert-OH is 1. The van der Waals surface area contributed by atoms with Crippen molar-refractivity contribution in [2.24, 2.45) is 0 Å². The molecule has 2 atom stereocenters. The standard InChI is InChI=1S/C28H29N5O3S/c1-17-15-20(36-19-8-4-3-5-9-19)10-11-21(17)33-22-12-13-29-27-23(22)24(31-28(33)35)25(37-27)26(34)30-18-7-6-14-32(2)16-18/h3-5,8-13,15,18,28,31,35H,6-7,14,16H2,1-2H3,(H,30,34)/t18-,28?/m1/s1. The Morgan fingerprint density at radius 1 is 1.16 bits per heavy atom. The summed E-state index contributed by atoms with van der Waals surface area (Å²) in [5, 5.41) is 18.5. The Morgan fingerprint density at radius 2 is 2.00 bits per heavy atom. The Kier molecular flexibility index (Phi) is 6.19. The van der Waals surface area contributed by atoms with E-state index in [9.17, 15) is 9.90 Å². The molecule has 0 bridgehead atoms. The maximum atomic E-state index is 13.3. The van der Waals surface area contributed by atoms with Gasteiger partial charge in [0.1, 0.15) is 21.2 Å². The summed E-state index contributed by atoms with van der Waals surface area (Å²) < 4.78 is 5.99. The molecule has 1 unspecified atom stereocenters. The van der Waals surface area contributed by atoms with Crippen LogP contribution in [0.15, 0.2) is 60.8 Å². The summed E-state index contributed by atoms with van der Waals surface area (Å²) in [4.78, 5) is 23.2. The summed E-state index contributed by atoms with van der Waals surface area (Å²) in [6.07, 6.45) is 2.70. The van der Waals surface area contributed by atoms with Gasteiger partial charge < -0.3 is 25.4 Å². The fraction of sp³-hybridized carbons (Fsp3) is 0.286. The van der Waals surface area contributed by atoms with Crippen LogP contribution in [0.2, 0.25) is 0 Å². The van der Waals surface area contributed by atoms with Gasteiger partial charge in [-0.15, -0.1) is 11.3 Å². The normalized spacial score (nSPS) is 19.5. The summed E-state index contributed by atoms with van der Waals surface area (Å²) in [5.74, 6) is 1.35. The minimum atomic E-state index is -1.06. The summed E-state index contributed by atoms with van der Waals surface area (Å²) in [7, 11) is 2.08. The minimum absolute atomic E-state index is 0.111. The van der Waals surface area contributed by atoms with E-state index >= 15 is 0 Å². The van der Waals surface area contributed by atoms with Crippen LogP contribution in [-0.4, -0.2) is 53.4 Å². The number of piperidine rings is 1. The molecule has 9 heteroatoms. The maximum Gasteiger partial charge on any atom is 0.263 e. The Bertz CT molecular complexity index is 1460. The number of hydrogen-bond acceptors (Lipinski definition) is 8. The van der Waals surface area contributed by atoms with E-state index in [2.05, 4.69) is 27.6 Å². The number of hydrogen-bond donors (Lipinski definition) is 3. The smallest absolute Gasteiger partial charge is 0.263 e. The predicted octanol–water partition coefficient (Wildman–Crippen LogP) is 5.06. The lowest BCUT2D eigenvalue weighted by molar-refractivity contribution is 0.0917. The highest BCUT2D eigenvalue weighted by Gasteiger charge is 2.33. The van der Waals surface area contributed by atoms with Gasteiger partial charge in [-0.25, -0.2) is 4.98 Å². The number of anilines is 3. The van der Waals surface area contributed by atoms with Gasteiger partial charge in [0.05, 0.1) is 16.8 Å². The number of thiophene rings is 1. The van der Waals surface area contributed by atoms with Gasteiger partial charge in [0, 0.05) is 24.5 Å². The van der Waals surface area contributed by atoms with Crippen molar-refractivity contribution in [3.63, 3.8) is 0 Å². The van der Waals surface area contributed by atoms with E-state index in [1.54, 1.807) is 6.20 Å². The third-order valence-corrected chi connectivity index (χ3v) is 8.02. The van der Waals surface area contributed by atoms with Crippen molar-refractivity contribution in [2.45, 2.75) is 32.2 Å². The van der Waals surface area contributed by atoms with Crippen molar-refractivity contribution < 1.29 is 14.6 Å². The number of aliphatic hydroxyl groups is 1. The molecule has 190 valence electrons. The third-order valence-electron chi connectivity index (χ3n) is 6.92. The lowest BCUT2D eigenvalue weighted by atomic mass is 10.1. The molecule has 2 aliphatic rings. The van der Waals surface area contributed by atoms with Gasteiger partial charge in [0.15, 0.2) is 0 Å². The molecule has 3 N–H and O–H groups in total. The van der Waals surface area contributed by atoms with E-state index in [0.717, 1.165) is 64.6 Å². The summed E-state index contributed by atoms with van der Waals surface area (Å²) in [5.41, 5.74) is 3.22. The first kappa shape index (κ1) is 23.7. The molecule has 0 spiro atoms. The van der Waals surface area contributed by atoms with Gasteiger partial charge >= 0.3 is 0 Å². The first-order chi connectivity index (χ1) is 18.0. The van der Waals surface area contributed by atoms with Crippen molar-refractivity contribution >= 4 is 44.5 Å². The Labute approximate surface area is 219 Å². The number of rotatable bonds is 5. The van der Waals surface area contributed by atoms with Crippen molar-refractivity contribution in [1.29, 1.82) is 0 Å². The number of nitrogens with zero attached hydrogens (tertiary/aromatic N) is 3. The highest BCUT2D eigenvalue weighted by Crippen LogP contribution is 2.47. The number of carbonyl (C=O) groups is 1. The Morgan fingerprint density at radius 3 is 2.78 bits per heavy atom. The van der Waals surface area contributed by atoms with Crippen LogP contribution in [0.3, 0.4) is 0 Å². The second-order valence-electron chi connectivity index (χ2n) is 9.64. The van der Waals surface area contributed by atoms with E-state index in [1.165, 1.54) is 11.3 Å². The molecule has 0 saturated carbocycles. The van der Waals surface area contributed by atoms with E-state index in [4.69, 9.17) is 4.74 Å². The SMILES string of the molecule is Cc1cc(Oc2ccccc2)ccc1N1c2ccnc3sc(C(=O)N[C@@H]4CCCN(C)C4)c(c23)NC1O. The van der Waals surface area contributed by atoms with Crippen LogP contribution < -0.4 is 20.3 Å². The number of pyridine rings is 1. The van der Waals surface area contributed by atoms with E-state index in [1.807, 2.05) is 66.4 Å². The fourth-order valence-electron chi connectivity index (χ4n) is 5.21. The molecule has 2 aliphatic heterocycles. The van der Waals surface area contributed by atoms with Crippen LogP contribution in [0.25, 0.3) is 10.2 Å². The monoisotopic (exact) mass is 515 g/mol. The largest absolute Gasteiger partial charge is 0.457 e. The zero-order valence-electron chi connectivity index (χ0n) is 20.8. The van der Waals surface area contributed by atoms with Crippen LogP contribution in [0.1, 0.15) is 28.1 Å². The van der Waals surface area contributed by atoms with E-state index < -0.39 is 6.35 Å². The molecule has 0 radical (unpaired) electrons. The fourth-order valence-corrected chi connectivity index (χ4v) is 6.24. The molecule has 0 aliphatic carbocycles. The topological polar surface area (TPSA) is 90.0 Å². The number of likely N-dealkylation sites (N-methyl/N-ethyl adjacent to an activating group) is 1. The average molecular weight is 516 g/mol. The van der Waals surface area contributed by atoms with E-state index in [0.29, 0.717) is 10.6 Å². The molecule has 4 aromatic rings. The third kappa shape index (κ3) is 4.50. The maximum absolute atomic E-state index is 13.3. The van der Waals surface area contributed by atoms with Gasteiger partial charge in [-0.1, -0.05) is 18.2 Å². The molecule has 37 heavy (non-hydrogen) atoms. The minimum Gasteiger partial charge on any atom is -0.457 e. The number of benzene rings is 2. The molecule has 1 amide bonds.